The predicted molar refractivity (Wildman–Crippen MR) is 140 cm³/mol. The maximum atomic E-state index is 13.5. The molecule has 0 bridgehead atoms. The maximum absolute atomic E-state index is 13.5. The largest absolute Gasteiger partial charge is 0.480 e. The molecule has 0 aromatic heterocycles. The van der Waals surface area contributed by atoms with Crippen LogP contribution in [0.25, 0.3) is 0 Å². The van der Waals surface area contributed by atoms with E-state index in [9.17, 15) is 23.8 Å². The number of hydrogen-bond donors (Lipinski definition) is 5. The third-order valence-corrected chi connectivity index (χ3v) is 7.49. The second kappa shape index (κ2) is 14.5. The van der Waals surface area contributed by atoms with E-state index in [-0.39, 0.29) is 18.9 Å². The summed E-state index contributed by atoms with van der Waals surface area (Å²) >= 11 is 0. The number of benzene rings is 2. The Hall–Kier alpha value is -3.20. The third kappa shape index (κ3) is 10.8. The number of nitrogens with one attached hydrogen (secondary N) is 3. The quantitative estimate of drug-likeness (QED) is 0.232. The van der Waals surface area contributed by atoms with Crippen LogP contribution in [0, 0.1) is 5.92 Å². The minimum absolute atomic E-state index is 0.00287. The molecule has 2 amide bonds. The van der Waals surface area contributed by atoms with Gasteiger partial charge in [-0.05, 0) is 30.4 Å². The molecule has 0 spiro atoms. The molecule has 0 aliphatic carbocycles. The highest BCUT2D eigenvalue weighted by molar-refractivity contribution is 7.58. The Morgan fingerprint density at radius 3 is 2.03 bits per heavy atom. The van der Waals surface area contributed by atoms with Crippen molar-refractivity contribution in [2.45, 2.75) is 58.1 Å². The molecular formula is C26H36N3O7P. The van der Waals surface area contributed by atoms with Crippen molar-refractivity contribution < 1.29 is 33.7 Å². The van der Waals surface area contributed by atoms with Crippen molar-refractivity contribution in [2.75, 3.05) is 6.29 Å². The SMILES string of the molecule is CC(C)C[C@H](NCP(=O)(O)[C@H](Cc1ccccc1)NC(=O)OCc1ccccc1)C(=O)N[C@@H](C)C(=O)O. The summed E-state index contributed by atoms with van der Waals surface area (Å²) in [6.07, 6.45) is -0.941. The molecule has 202 valence electrons. The second-order valence-electron chi connectivity index (χ2n) is 9.28. The number of rotatable bonds is 14. The number of alkyl carbamates (subject to hydrolysis) is 1. The Morgan fingerprint density at radius 2 is 1.49 bits per heavy atom. The molecule has 0 saturated heterocycles. The summed E-state index contributed by atoms with van der Waals surface area (Å²) in [6, 6.07) is 16.0. The van der Waals surface area contributed by atoms with E-state index >= 15 is 0 Å². The highest BCUT2D eigenvalue weighted by Gasteiger charge is 2.35. The highest BCUT2D eigenvalue weighted by atomic mass is 31.2. The van der Waals surface area contributed by atoms with Crippen molar-refractivity contribution >= 4 is 25.3 Å². The van der Waals surface area contributed by atoms with Gasteiger partial charge in [0.1, 0.15) is 18.4 Å². The van der Waals surface area contributed by atoms with Crippen LogP contribution < -0.4 is 16.0 Å². The molecule has 11 heteroatoms. The Morgan fingerprint density at radius 1 is 0.919 bits per heavy atom. The molecule has 0 aliphatic heterocycles. The fourth-order valence-corrected chi connectivity index (χ4v) is 5.02. The molecular weight excluding hydrogens is 497 g/mol. The summed E-state index contributed by atoms with van der Waals surface area (Å²) in [5, 5.41) is 16.8. The molecule has 2 aromatic rings. The Bertz CT molecular complexity index is 1070. The van der Waals surface area contributed by atoms with E-state index < -0.39 is 49.5 Å². The van der Waals surface area contributed by atoms with Crippen LogP contribution >= 0.6 is 7.37 Å². The fourth-order valence-electron chi connectivity index (χ4n) is 3.51. The van der Waals surface area contributed by atoms with Crippen LogP contribution in [-0.4, -0.2) is 52.1 Å². The first kappa shape index (κ1) is 30.0. The van der Waals surface area contributed by atoms with Gasteiger partial charge < -0.3 is 25.4 Å². The molecule has 0 radical (unpaired) electrons. The van der Waals surface area contributed by atoms with Gasteiger partial charge in [0.25, 0.3) is 0 Å². The zero-order chi connectivity index (χ0) is 27.4. The minimum atomic E-state index is -4.13. The van der Waals surface area contributed by atoms with E-state index in [0.29, 0.717) is 6.42 Å². The smallest absolute Gasteiger partial charge is 0.408 e. The van der Waals surface area contributed by atoms with Gasteiger partial charge in [-0.3, -0.25) is 19.5 Å². The van der Waals surface area contributed by atoms with Crippen LogP contribution in [0.2, 0.25) is 0 Å². The second-order valence-corrected chi connectivity index (χ2v) is 11.7. The zero-order valence-corrected chi connectivity index (χ0v) is 22.2. The van der Waals surface area contributed by atoms with Crippen LogP contribution in [-0.2, 0) is 31.9 Å². The summed E-state index contributed by atoms with van der Waals surface area (Å²) in [6.45, 7) is 5.09. The van der Waals surface area contributed by atoms with Gasteiger partial charge in [0, 0.05) is 6.42 Å². The molecule has 5 N–H and O–H groups in total. The van der Waals surface area contributed by atoms with Gasteiger partial charge >= 0.3 is 12.1 Å². The van der Waals surface area contributed by atoms with Crippen LogP contribution in [0.5, 0.6) is 0 Å². The predicted octanol–water partition coefficient (Wildman–Crippen LogP) is 3.30. The standard InChI is InChI=1S/C26H36N3O7P/c1-18(2)14-22(24(30)28-19(3)25(31)32)27-17-37(34,35)23(15-20-10-6-4-7-11-20)29-26(33)36-16-21-12-8-5-9-13-21/h4-13,18-19,22-23,27H,14-17H2,1-3H3,(H,28,30)(H,29,33)(H,31,32)(H,34,35)/t19-,22-,23+/m0/s1. The van der Waals surface area contributed by atoms with Crippen LogP contribution in [0.1, 0.15) is 38.3 Å². The van der Waals surface area contributed by atoms with E-state index in [0.717, 1.165) is 11.1 Å². The van der Waals surface area contributed by atoms with Crippen LogP contribution in [0.3, 0.4) is 0 Å². The Kier molecular flexibility index (Phi) is 11.8. The minimum Gasteiger partial charge on any atom is -0.480 e. The molecule has 1 unspecified atom stereocenters. The number of aliphatic carboxylic acids is 1. The van der Waals surface area contributed by atoms with Crippen molar-refractivity contribution in [2.24, 2.45) is 5.92 Å². The monoisotopic (exact) mass is 533 g/mol. The van der Waals surface area contributed by atoms with E-state index in [2.05, 4.69) is 16.0 Å². The molecule has 0 aliphatic rings. The lowest BCUT2D eigenvalue weighted by Gasteiger charge is -2.27. The summed E-state index contributed by atoms with van der Waals surface area (Å²) < 4.78 is 18.7. The molecule has 37 heavy (non-hydrogen) atoms. The van der Waals surface area contributed by atoms with Crippen molar-refractivity contribution in [3.05, 3.63) is 71.8 Å². The van der Waals surface area contributed by atoms with Crippen molar-refractivity contribution in [3.8, 4) is 0 Å². The lowest BCUT2D eigenvalue weighted by molar-refractivity contribution is -0.141. The molecule has 10 nitrogen and oxygen atoms in total. The summed E-state index contributed by atoms with van der Waals surface area (Å²) in [5.41, 5.74) is 1.50. The first-order chi connectivity index (χ1) is 17.5. The topological polar surface area (TPSA) is 154 Å². The lowest BCUT2D eigenvalue weighted by Crippen LogP contribution is -2.50. The average molecular weight is 534 g/mol. The van der Waals surface area contributed by atoms with Gasteiger partial charge in [0.15, 0.2) is 0 Å². The van der Waals surface area contributed by atoms with E-state index in [1.807, 2.05) is 38.1 Å². The Labute approximate surface area is 217 Å². The first-order valence-electron chi connectivity index (χ1n) is 12.1. The number of hydrogen-bond acceptors (Lipinski definition) is 6. The third-order valence-electron chi connectivity index (χ3n) is 5.57. The van der Waals surface area contributed by atoms with Crippen LogP contribution in [0.4, 0.5) is 4.79 Å². The van der Waals surface area contributed by atoms with Gasteiger partial charge in [0.05, 0.1) is 12.3 Å². The number of ether oxygens (including phenoxy) is 1. The molecule has 2 aromatic carbocycles. The van der Waals surface area contributed by atoms with Crippen molar-refractivity contribution in [1.82, 2.24) is 16.0 Å². The van der Waals surface area contributed by atoms with Crippen LogP contribution in [0.15, 0.2) is 60.7 Å². The Balaban J connectivity index is 2.13. The normalized spacial score (nSPS) is 15.2. The number of carboxylic acid groups (broad SMARTS) is 1. The highest BCUT2D eigenvalue weighted by Crippen LogP contribution is 2.45. The van der Waals surface area contributed by atoms with Crippen molar-refractivity contribution in [1.29, 1.82) is 0 Å². The molecule has 2 rings (SSSR count). The number of carboxylic acids is 1. The molecule has 4 atom stereocenters. The fraction of sp³-hybridized carbons (Fsp3) is 0.423. The maximum Gasteiger partial charge on any atom is 0.408 e. The van der Waals surface area contributed by atoms with E-state index in [4.69, 9.17) is 9.84 Å². The summed E-state index contributed by atoms with van der Waals surface area (Å²) in [5.74, 6) is -2.91. The number of amides is 2. The lowest BCUT2D eigenvalue weighted by atomic mass is 10.0. The first-order valence-corrected chi connectivity index (χ1v) is 14.0. The van der Waals surface area contributed by atoms with Crippen molar-refractivity contribution in [3.63, 3.8) is 0 Å². The van der Waals surface area contributed by atoms with Gasteiger partial charge in [-0.25, -0.2) is 4.79 Å². The molecule has 0 fully saturated rings. The molecule has 0 saturated carbocycles. The van der Waals surface area contributed by atoms with Gasteiger partial charge in [0.2, 0.25) is 13.3 Å². The van der Waals surface area contributed by atoms with Gasteiger partial charge in [-0.2, -0.15) is 0 Å². The van der Waals surface area contributed by atoms with Gasteiger partial charge in [-0.1, -0.05) is 74.5 Å². The van der Waals surface area contributed by atoms with Gasteiger partial charge in [-0.15, -0.1) is 0 Å². The molecule has 0 heterocycles. The summed E-state index contributed by atoms with van der Waals surface area (Å²) in [7, 11) is -4.13. The van der Waals surface area contributed by atoms with E-state index in [1.165, 1.54) is 6.92 Å². The average Bonchev–Trinajstić information content (AvgIpc) is 2.85. The summed E-state index contributed by atoms with van der Waals surface area (Å²) in [4.78, 5) is 47.3. The number of carbonyl (C=O) groups is 3. The zero-order valence-electron chi connectivity index (χ0n) is 21.3. The number of carbonyl (C=O) groups excluding carboxylic acids is 2. The van der Waals surface area contributed by atoms with E-state index in [1.54, 1.807) is 36.4 Å².